The summed E-state index contributed by atoms with van der Waals surface area (Å²) in [6.45, 7) is 3.62. The molecule has 2 rings (SSSR count). The third-order valence-electron chi connectivity index (χ3n) is 3.24. The highest BCUT2D eigenvalue weighted by Crippen LogP contribution is 2.13. The molecular formula is C15H15N3O4. The van der Waals surface area contributed by atoms with Crippen molar-refractivity contribution < 1.29 is 9.72 Å². The van der Waals surface area contributed by atoms with Gasteiger partial charge in [0, 0.05) is 35.5 Å². The van der Waals surface area contributed by atoms with Crippen LogP contribution in [0, 0.1) is 24.0 Å². The highest BCUT2D eigenvalue weighted by Gasteiger charge is 2.12. The number of pyridine rings is 1. The number of benzene rings is 1. The third kappa shape index (κ3) is 3.38. The highest BCUT2D eigenvalue weighted by molar-refractivity contribution is 5.94. The van der Waals surface area contributed by atoms with E-state index in [4.69, 9.17) is 0 Å². The van der Waals surface area contributed by atoms with Crippen LogP contribution in [0.4, 0.5) is 5.69 Å². The van der Waals surface area contributed by atoms with Crippen LogP contribution in [0.5, 0.6) is 0 Å². The molecule has 0 aliphatic rings. The fraction of sp³-hybridized carbons (Fsp3) is 0.200. The molecule has 7 nitrogen and oxygen atoms in total. The van der Waals surface area contributed by atoms with Crippen molar-refractivity contribution in [1.82, 2.24) is 10.3 Å². The van der Waals surface area contributed by atoms with Gasteiger partial charge in [0.1, 0.15) is 0 Å². The number of nitro groups is 1. The average Bonchev–Trinajstić information content (AvgIpc) is 2.46. The Bertz CT molecular complexity index is 796. The molecule has 0 atom stereocenters. The summed E-state index contributed by atoms with van der Waals surface area (Å²) in [6.07, 6.45) is 0. The molecule has 0 bridgehead atoms. The molecule has 0 aliphatic carbocycles. The van der Waals surface area contributed by atoms with E-state index in [9.17, 15) is 19.7 Å². The molecule has 22 heavy (non-hydrogen) atoms. The minimum absolute atomic E-state index is 0.0585. The lowest BCUT2D eigenvalue weighted by Crippen LogP contribution is -2.27. The molecule has 1 aromatic heterocycles. The summed E-state index contributed by atoms with van der Waals surface area (Å²) in [4.78, 5) is 36.7. The molecule has 1 amide bonds. The van der Waals surface area contributed by atoms with Crippen LogP contribution in [0.25, 0.3) is 0 Å². The van der Waals surface area contributed by atoms with Gasteiger partial charge in [0.15, 0.2) is 0 Å². The van der Waals surface area contributed by atoms with Crippen LogP contribution in [0.15, 0.2) is 35.1 Å². The number of nitro benzene ring substituents is 1. The van der Waals surface area contributed by atoms with Crippen molar-refractivity contribution in [2.75, 3.05) is 0 Å². The van der Waals surface area contributed by atoms with E-state index in [2.05, 4.69) is 10.3 Å². The molecule has 114 valence electrons. The average molecular weight is 301 g/mol. The standard InChI is InChI=1S/C15H15N3O4/c1-9-6-10(2)17-15(20)13(9)8-16-14(19)11-4-3-5-12(7-11)18(21)22/h3-7H,8H2,1-2H3,(H,16,19)(H,17,20). The van der Waals surface area contributed by atoms with Gasteiger partial charge in [-0.1, -0.05) is 6.07 Å². The fourth-order valence-corrected chi connectivity index (χ4v) is 2.13. The second kappa shape index (κ2) is 6.21. The first-order valence-corrected chi connectivity index (χ1v) is 6.60. The van der Waals surface area contributed by atoms with Gasteiger partial charge in [0.25, 0.3) is 17.2 Å². The highest BCUT2D eigenvalue weighted by atomic mass is 16.6. The molecule has 0 saturated heterocycles. The Hall–Kier alpha value is -2.96. The molecule has 2 aromatic rings. The van der Waals surface area contributed by atoms with Crippen LogP contribution in [0.1, 0.15) is 27.2 Å². The molecule has 0 spiro atoms. The van der Waals surface area contributed by atoms with Crippen molar-refractivity contribution in [2.24, 2.45) is 0 Å². The zero-order chi connectivity index (χ0) is 16.3. The number of H-pyrrole nitrogens is 1. The van der Waals surface area contributed by atoms with E-state index in [1.165, 1.54) is 24.3 Å². The summed E-state index contributed by atoms with van der Waals surface area (Å²) in [5.74, 6) is -0.469. The van der Waals surface area contributed by atoms with Gasteiger partial charge < -0.3 is 10.3 Å². The molecular weight excluding hydrogens is 286 g/mol. The molecule has 7 heteroatoms. The Morgan fingerprint density at radius 3 is 2.68 bits per heavy atom. The summed E-state index contributed by atoms with van der Waals surface area (Å²) in [5.41, 5.74) is 1.76. The number of nitrogens with zero attached hydrogens (tertiary/aromatic N) is 1. The quantitative estimate of drug-likeness (QED) is 0.663. The van der Waals surface area contributed by atoms with Gasteiger partial charge in [0.2, 0.25) is 0 Å². The fourth-order valence-electron chi connectivity index (χ4n) is 2.13. The first kappa shape index (κ1) is 15.4. The first-order chi connectivity index (χ1) is 10.4. The van der Waals surface area contributed by atoms with Crippen molar-refractivity contribution in [2.45, 2.75) is 20.4 Å². The lowest BCUT2D eigenvalue weighted by molar-refractivity contribution is -0.384. The molecule has 0 unspecified atom stereocenters. The predicted octanol–water partition coefficient (Wildman–Crippen LogP) is 1.83. The van der Waals surface area contributed by atoms with Gasteiger partial charge in [-0.15, -0.1) is 0 Å². The second-order valence-corrected chi connectivity index (χ2v) is 4.93. The van der Waals surface area contributed by atoms with E-state index in [0.717, 1.165) is 11.3 Å². The largest absolute Gasteiger partial charge is 0.348 e. The van der Waals surface area contributed by atoms with Crippen molar-refractivity contribution in [3.05, 3.63) is 73.2 Å². The van der Waals surface area contributed by atoms with Crippen molar-refractivity contribution >= 4 is 11.6 Å². The van der Waals surface area contributed by atoms with E-state index >= 15 is 0 Å². The number of aryl methyl sites for hydroxylation is 2. The first-order valence-electron chi connectivity index (χ1n) is 6.60. The van der Waals surface area contributed by atoms with Crippen LogP contribution in [0.3, 0.4) is 0 Å². The van der Waals surface area contributed by atoms with E-state index in [0.29, 0.717) is 5.56 Å². The van der Waals surface area contributed by atoms with Gasteiger partial charge in [-0.05, 0) is 31.5 Å². The minimum atomic E-state index is -0.564. The summed E-state index contributed by atoms with van der Waals surface area (Å²) >= 11 is 0. The zero-order valence-corrected chi connectivity index (χ0v) is 12.2. The summed E-state index contributed by atoms with van der Waals surface area (Å²) in [7, 11) is 0. The molecule has 1 aromatic carbocycles. The number of nitrogens with one attached hydrogen (secondary N) is 2. The molecule has 2 N–H and O–H groups in total. The second-order valence-electron chi connectivity index (χ2n) is 4.93. The Labute approximate surface area is 126 Å². The van der Waals surface area contributed by atoms with Crippen molar-refractivity contribution in [1.29, 1.82) is 0 Å². The minimum Gasteiger partial charge on any atom is -0.348 e. The van der Waals surface area contributed by atoms with Crippen LogP contribution < -0.4 is 10.9 Å². The molecule has 1 heterocycles. The van der Waals surface area contributed by atoms with E-state index in [1.807, 2.05) is 6.07 Å². The Balaban J connectivity index is 2.15. The smallest absolute Gasteiger partial charge is 0.270 e. The molecule has 0 fully saturated rings. The van der Waals surface area contributed by atoms with Crippen LogP contribution in [-0.4, -0.2) is 15.8 Å². The molecule has 0 aliphatic heterocycles. The van der Waals surface area contributed by atoms with Gasteiger partial charge in [-0.2, -0.15) is 0 Å². The molecule has 0 radical (unpaired) electrons. The number of hydrogen-bond acceptors (Lipinski definition) is 4. The number of rotatable bonds is 4. The Morgan fingerprint density at radius 1 is 1.32 bits per heavy atom. The summed E-state index contributed by atoms with van der Waals surface area (Å²) in [5, 5.41) is 13.3. The maximum atomic E-state index is 12.0. The van der Waals surface area contributed by atoms with Crippen molar-refractivity contribution in [3.8, 4) is 0 Å². The molecule has 0 saturated carbocycles. The summed E-state index contributed by atoms with van der Waals surface area (Å²) < 4.78 is 0. The number of carbonyl (C=O) groups is 1. The maximum Gasteiger partial charge on any atom is 0.270 e. The Morgan fingerprint density at radius 2 is 2.05 bits per heavy atom. The third-order valence-corrected chi connectivity index (χ3v) is 3.24. The SMILES string of the molecule is Cc1cc(C)c(CNC(=O)c2cccc([N+](=O)[O-])c2)c(=O)[nH]1. The lowest BCUT2D eigenvalue weighted by atomic mass is 10.1. The van der Waals surface area contributed by atoms with Gasteiger partial charge in [-0.3, -0.25) is 19.7 Å². The van der Waals surface area contributed by atoms with Crippen LogP contribution >= 0.6 is 0 Å². The number of hydrogen-bond donors (Lipinski definition) is 2. The number of amides is 1. The topological polar surface area (TPSA) is 105 Å². The van der Waals surface area contributed by atoms with Gasteiger partial charge >= 0.3 is 0 Å². The van der Waals surface area contributed by atoms with Gasteiger partial charge in [-0.25, -0.2) is 0 Å². The maximum absolute atomic E-state index is 12.0. The number of carbonyl (C=O) groups excluding carboxylic acids is 1. The summed E-state index contributed by atoms with van der Waals surface area (Å²) in [6, 6.07) is 7.25. The lowest BCUT2D eigenvalue weighted by Gasteiger charge is -2.08. The Kier molecular flexibility index (Phi) is 4.36. The van der Waals surface area contributed by atoms with Crippen LogP contribution in [-0.2, 0) is 6.54 Å². The normalized spacial score (nSPS) is 10.3. The zero-order valence-electron chi connectivity index (χ0n) is 12.2. The van der Waals surface area contributed by atoms with E-state index in [-0.39, 0.29) is 23.4 Å². The van der Waals surface area contributed by atoms with Crippen molar-refractivity contribution in [3.63, 3.8) is 0 Å². The predicted molar refractivity (Wildman–Crippen MR) is 80.8 cm³/mol. The van der Waals surface area contributed by atoms with Gasteiger partial charge in [0.05, 0.1) is 4.92 Å². The monoisotopic (exact) mass is 301 g/mol. The number of aromatic amines is 1. The number of non-ortho nitro benzene ring substituents is 1. The number of aromatic nitrogens is 1. The van der Waals surface area contributed by atoms with E-state index < -0.39 is 10.8 Å². The van der Waals surface area contributed by atoms with Crippen LogP contribution in [0.2, 0.25) is 0 Å². The van der Waals surface area contributed by atoms with E-state index in [1.54, 1.807) is 13.8 Å².